The first-order valence-corrected chi connectivity index (χ1v) is 11.5. The van der Waals surface area contributed by atoms with E-state index < -0.39 is 8.32 Å². The number of fused-ring (bicyclic) bond motifs is 1. The van der Waals surface area contributed by atoms with Crippen molar-refractivity contribution in [3.05, 3.63) is 0 Å². The summed E-state index contributed by atoms with van der Waals surface area (Å²) in [6, 6.07) is 0.911. The molecule has 1 aliphatic heterocycles. The quantitative estimate of drug-likeness (QED) is 0.637. The van der Waals surface area contributed by atoms with Crippen LogP contribution in [0.25, 0.3) is 0 Å². The van der Waals surface area contributed by atoms with Crippen molar-refractivity contribution in [3.8, 4) is 0 Å². The second-order valence-corrected chi connectivity index (χ2v) is 13.4. The number of nitrogens with one attached hydrogen (secondary N) is 1. The first-order chi connectivity index (χ1) is 9.65. The molecule has 0 amide bonds. The molecule has 4 heteroatoms. The zero-order valence-corrected chi connectivity index (χ0v) is 15.6. The predicted molar refractivity (Wildman–Crippen MR) is 90.0 cm³/mol. The molecular formula is C17H33NO2Si. The first kappa shape index (κ1) is 17.2. The van der Waals surface area contributed by atoms with Crippen molar-refractivity contribution < 1.29 is 9.22 Å². The lowest BCUT2D eigenvalue weighted by Crippen LogP contribution is -2.60. The van der Waals surface area contributed by atoms with E-state index >= 15 is 0 Å². The van der Waals surface area contributed by atoms with Crippen molar-refractivity contribution in [1.29, 1.82) is 0 Å². The molecule has 21 heavy (non-hydrogen) atoms. The second-order valence-electron chi connectivity index (χ2n) is 8.61. The first-order valence-electron chi connectivity index (χ1n) is 8.55. The van der Waals surface area contributed by atoms with Gasteiger partial charge in [-0.2, -0.15) is 0 Å². The molecule has 0 aromatic carbocycles. The SMILES string of the molecule is C[C@@H]1N[C@@H]2CCC[C@@H](C=O)[C@@H]2C[C@H]1O[Si](C)(C)C(C)(C)C. The minimum Gasteiger partial charge on any atom is -0.412 e. The number of hydrogen-bond acceptors (Lipinski definition) is 3. The Labute approximate surface area is 131 Å². The van der Waals surface area contributed by atoms with Crippen LogP contribution in [0.1, 0.15) is 53.4 Å². The number of aldehydes is 1. The van der Waals surface area contributed by atoms with Crippen LogP contribution in [-0.4, -0.2) is 32.8 Å². The molecule has 2 aliphatic rings. The molecule has 3 nitrogen and oxygen atoms in total. The fourth-order valence-electron chi connectivity index (χ4n) is 3.64. The molecule has 1 heterocycles. The Bertz CT molecular complexity index is 377. The van der Waals surface area contributed by atoms with Crippen molar-refractivity contribution in [2.45, 2.75) is 89.7 Å². The molecule has 1 N–H and O–H groups in total. The van der Waals surface area contributed by atoms with Crippen molar-refractivity contribution >= 4 is 14.6 Å². The monoisotopic (exact) mass is 311 g/mol. The fourth-order valence-corrected chi connectivity index (χ4v) is 5.05. The topological polar surface area (TPSA) is 38.3 Å². The van der Waals surface area contributed by atoms with Gasteiger partial charge in [-0.05, 0) is 50.2 Å². The van der Waals surface area contributed by atoms with Gasteiger partial charge in [-0.1, -0.05) is 27.2 Å². The standard InChI is InChI=1S/C17H33NO2Si/c1-12-16(20-21(5,6)17(2,3)4)10-14-13(11-19)8-7-9-15(14)18-12/h11-16,18H,7-10H2,1-6H3/t12-,13-,14-,15+,16+/m0/s1. The number of carbonyl (C=O) groups is 1. The van der Waals surface area contributed by atoms with E-state index in [4.69, 9.17) is 4.43 Å². The number of rotatable bonds is 3. The molecule has 0 unspecified atom stereocenters. The normalized spacial score (nSPS) is 37.9. The summed E-state index contributed by atoms with van der Waals surface area (Å²) in [7, 11) is -1.75. The van der Waals surface area contributed by atoms with Crippen LogP contribution in [-0.2, 0) is 9.22 Å². The van der Waals surface area contributed by atoms with Crippen molar-refractivity contribution in [2.24, 2.45) is 11.8 Å². The lowest BCUT2D eigenvalue weighted by atomic mass is 9.71. The minimum absolute atomic E-state index is 0.231. The third-order valence-corrected chi connectivity index (χ3v) is 10.6. The summed E-state index contributed by atoms with van der Waals surface area (Å²) < 4.78 is 6.66. The molecule has 0 bridgehead atoms. The van der Waals surface area contributed by atoms with E-state index in [2.05, 4.69) is 46.1 Å². The number of hydrogen-bond donors (Lipinski definition) is 1. The average Bonchev–Trinajstić information content (AvgIpc) is 2.37. The number of carbonyl (C=O) groups excluding carboxylic acids is 1. The molecule has 2 fully saturated rings. The Morgan fingerprint density at radius 1 is 1.24 bits per heavy atom. The van der Waals surface area contributed by atoms with Crippen LogP contribution in [0.5, 0.6) is 0 Å². The Balaban J connectivity index is 2.09. The van der Waals surface area contributed by atoms with Crippen LogP contribution in [0, 0.1) is 11.8 Å². The second kappa shape index (κ2) is 6.13. The lowest BCUT2D eigenvalue weighted by molar-refractivity contribution is -0.115. The lowest BCUT2D eigenvalue weighted by Gasteiger charge is -2.49. The molecule has 1 saturated heterocycles. The largest absolute Gasteiger partial charge is 0.412 e. The molecule has 0 aromatic heterocycles. The Kier molecular flexibility index (Phi) is 5.01. The zero-order chi connectivity index (χ0) is 15.8. The van der Waals surface area contributed by atoms with Crippen LogP contribution in [0.15, 0.2) is 0 Å². The summed E-state index contributed by atoms with van der Waals surface area (Å²) in [5, 5.41) is 3.98. The van der Waals surface area contributed by atoms with Crippen LogP contribution in [0.4, 0.5) is 0 Å². The highest BCUT2D eigenvalue weighted by Gasteiger charge is 2.45. The van der Waals surface area contributed by atoms with Crippen LogP contribution in [0.3, 0.4) is 0 Å². The Hall–Kier alpha value is -0.193. The maximum Gasteiger partial charge on any atom is 0.192 e. The third kappa shape index (κ3) is 3.59. The molecule has 1 saturated carbocycles. The maximum absolute atomic E-state index is 11.4. The molecule has 1 aliphatic carbocycles. The molecule has 0 radical (unpaired) electrons. The van der Waals surface area contributed by atoms with Gasteiger partial charge in [-0.3, -0.25) is 0 Å². The summed E-state index contributed by atoms with van der Waals surface area (Å²) in [6.07, 6.45) is 5.96. The zero-order valence-electron chi connectivity index (χ0n) is 14.6. The van der Waals surface area contributed by atoms with Crippen molar-refractivity contribution in [2.75, 3.05) is 0 Å². The van der Waals surface area contributed by atoms with Gasteiger partial charge in [-0.15, -0.1) is 0 Å². The van der Waals surface area contributed by atoms with Crippen LogP contribution < -0.4 is 5.32 Å². The van der Waals surface area contributed by atoms with E-state index in [0.717, 1.165) is 12.8 Å². The van der Waals surface area contributed by atoms with Crippen LogP contribution in [0.2, 0.25) is 18.1 Å². The highest BCUT2D eigenvalue weighted by atomic mass is 28.4. The van der Waals surface area contributed by atoms with Gasteiger partial charge in [0, 0.05) is 18.0 Å². The third-order valence-electron chi connectivity index (χ3n) is 6.09. The van der Waals surface area contributed by atoms with E-state index in [1.807, 2.05) is 0 Å². The summed E-state index contributed by atoms with van der Waals surface area (Å²) in [5.41, 5.74) is 0. The highest BCUT2D eigenvalue weighted by molar-refractivity contribution is 6.74. The smallest absolute Gasteiger partial charge is 0.192 e. The molecule has 122 valence electrons. The van der Waals surface area contributed by atoms with Gasteiger partial charge >= 0.3 is 0 Å². The van der Waals surface area contributed by atoms with Gasteiger partial charge in [-0.25, -0.2) is 0 Å². The summed E-state index contributed by atoms with van der Waals surface area (Å²) >= 11 is 0. The highest BCUT2D eigenvalue weighted by Crippen LogP contribution is 2.41. The Morgan fingerprint density at radius 2 is 1.90 bits per heavy atom. The maximum atomic E-state index is 11.4. The predicted octanol–water partition coefficient (Wildman–Crippen LogP) is 3.74. The van der Waals surface area contributed by atoms with Gasteiger partial charge in [0.25, 0.3) is 0 Å². The number of piperidine rings is 1. The van der Waals surface area contributed by atoms with Gasteiger partial charge < -0.3 is 14.5 Å². The summed E-state index contributed by atoms with van der Waals surface area (Å²) in [4.78, 5) is 11.4. The van der Waals surface area contributed by atoms with Crippen molar-refractivity contribution in [1.82, 2.24) is 5.32 Å². The van der Waals surface area contributed by atoms with E-state index in [1.54, 1.807) is 0 Å². The average molecular weight is 312 g/mol. The van der Waals surface area contributed by atoms with E-state index in [9.17, 15) is 4.79 Å². The van der Waals surface area contributed by atoms with Gasteiger partial charge in [0.15, 0.2) is 8.32 Å². The van der Waals surface area contributed by atoms with Gasteiger partial charge in [0.2, 0.25) is 0 Å². The minimum atomic E-state index is -1.75. The molecular weight excluding hydrogens is 278 g/mol. The van der Waals surface area contributed by atoms with Crippen molar-refractivity contribution in [3.63, 3.8) is 0 Å². The van der Waals surface area contributed by atoms with Crippen LogP contribution >= 0.6 is 0 Å². The molecule has 5 atom stereocenters. The van der Waals surface area contributed by atoms with E-state index in [0.29, 0.717) is 18.0 Å². The molecule has 0 aromatic rings. The molecule has 2 rings (SSSR count). The molecule has 0 spiro atoms. The van der Waals surface area contributed by atoms with E-state index in [-0.39, 0.29) is 17.1 Å². The van der Waals surface area contributed by atoms with Gasteiger partial charge in [0.05, 0.1) is 6.10 Å². The summed E-state index contributed by atoms with van der Waals surface area (Å²) in [5.74, 6) is 0.705. The Morgan fingerprint density at radius 3 is 2.48 bits per heavy atom. The summed E-state index contributed by atoms with van der Waals surface area (Å²) in [6.45, 7) is 13.8. The van der Waals surface area contributed by atoms with Gasteiger partial charge in [0.1, 0.15) is 6.29 Å². The fraction of sp³-hybridized carbons (Fsp3) is 0.941. The van der Waals surface area contributed by atoms with E-state index in [1.165, 1.54) is 19.1 Å².